The fourth-order valence-electron chi connectivity index (χ4n) is 3.51. The number of aromatic nitrogens is 2. The molecule has 2 aliphatic heterocycles. The van der Waals surface area contributed by atoms with Crippen LogP contribution in [0.3, 0.4) is 0 Å². The molecular weight excluding hydrogens is 342 g/mol. The summed E-state index contributed by atoms with van der Waals surface area (Å²) in [6.45, 7) is 7.20. The van der Waals surface area contributed by atoms with Crippen molar-refractivity contribution < 1.29 is 9.53 Å². The quantitative estimate of drug-likeness (QED) is 0.811. The molecule has 2 aliphatic rings. The standard InChI is InChI=1S/C20H25N5O2/c26-20(25-12-14-27-15-13-25)18-6-7-19(22-21-18)24-10-8-23(9-11-24)16-17-4-2-1-3-5-17/h1-7H,8-16H2. The fourth-order valence-corrected chi connectivity index (χ4v) is 3.51. The first-order valence-corrected chi connectivity index (χ1v) is 9.51. The van der Waals surface area contributed by atoms with Crippen molar-refractivity contribution in [3.05, 3.63) is 53.7 Å². The number of rotatable bonds is 4. The van der Waals surface area contributed by atoms with Gasteiger partial charge in [-0.15, -0.1) is 10.2 Å². The second-order valence-electron chi connectivity index (χ2n) is 6.93. The van der Waals surface area contributed by atoms with Gasteiger partial charge in [-0.25, -0.2) is 0 Å². The number of piperazine rings is 1. The molecule has 7 nitrogen and oxygen atoms in total. The monoisotopic (exact) mass is 367 g/mol. The van der Waals surface area contributed by atoms with Gasteiger partial charge in [0.1, 0.15) is 0 Å². The van der Waals surface area contributed by atoms with Crippen LogP contribution in [-0.4, -0.2) is 78.4 Å². The van der Waals surface area contributed by atoms with Gasteiger partial charge in [0.15, 0.2) is 11.5 Å². The molecule has 2 fully saturated rings. The lowest BCUT2D eigenvalue weighted by atomic mass is 10.2. The first kappa shape index (κ1) is 17.9. The van der Waals surface area contributed by atoms with Gasteiger partial charge < -0.3 is 14.5 Å². The van der Waals surface area contributed by atoms with E-state index in [2.05, 4.69) is 44.3 Å². The average molecular weight is 367 g/mol. The Kier molecular flexibility index (Phi) is 5.60. The second-order valence-corrected chi connectivity index (χ2v) is 6.93. The van der Waals surface area contributed by atoms with Gasteiger partial charge in [-0.2, -0.15) is 0 Å². The SMILES string of the molecule is O=C(c1ccc(N2CCN(Cc3ccccc3)CC2)nn1)N1CCOCC1. The summed E-state index contributed by atoms with van der Waals surface area (Å²) in [5.41, 5.74) is 1.75. The van der Waals surface area contributed by atoms with E-state index in [9.17, 15) is 4.79 Å². The van der Waals surface area contributed by atoms with Crippen molar-refractivity contribution in [2.24, 2.45) is 0 Å². The molecular formula is C20H25N5O2. The van der Waals surface area contributed by atoms with Crippen molar-refractivity contribution in [3.63, 3.8) is 0 Å². The summed E-state index contributed by atoms with van der Waals surface area (Å²) in [7, 11) is 0. The summed E-state index contributed by atoms with van der Waals surface area (Å²) in [5, 5.41) is 8.48. The molecule has 0 unspecified atom stereocenters. The van der Waals surface area contributed by atoms with Crippen LogP contribution in [0.5, 0.6) is 0 Å². The number of amides is 1. The fraction of sp³-hybridized carbons (Fsp3) is 0.450. The number of morpholine rings is 1. The highest BCUT2D eigenvalue weighted by Gasteiger charge is 2.22. The lowest BCUT2D eigenvalue weighted by Crippen LogP contribution is -2.46. The Labute approximate surface area is 159 Å². The number of benzene rings is 1. The Morgan fingerprint density at radius 1 is 0.889 bits per heavy atom. The number of hydrogen-bond donors (Lipinski definition) is 0. The lowest BCUT2D eigenvalue weighted by Gasteiger charge is -2.35. The highest BCUT2D eigenvalue weighted by molar-refractivity contribution is 5.92. The molecule has 0 saturated carbocycles. The molecule has 4 rings (SSSR count). The van der Waals surface area contributed by atoms with Crippen molar-refractivity contribution in [1.82, 2.24) is 20.0 Å². The molecule has 0 spiro atoms. The van der Waals surface area contributed by atoms with Crippen LogP contribution in [0, 0.1) is 0 Å². The smallest absolute Gasteiger partial charge is 0.274 e. The van der Waals surface area contributed by atoms with Gasteiger partial charge in [-0.1, -0.05) is 30.3 Å². The first-order valence-electron chi connectivity index (χ1n) is 9.51. The van der Waals surface area contributed by atoms with Crippen molar-refractivity contribution >= 4 is 11.7 Å². The molecule has 7 heteroatoms. The highest BCUT2D eigenvalue weighted by atomic mass is 16.5. The van der Waals surface area contributed by atoms with Gasteiger partial charge in [0.05, 0.1) is 13.2 Å². The van der Waals surface area contributed by atoms with Crippen LogP contribution in [0.15, 0.2) is 42.5 Å². The lowest BCUT2D eigenvalue weighted by molar-refractivity contribution is 0.0298. The third-order valence-corrected chi connectivity index (χ3v) is 5.11. The van der Waals surface area contributed by atoms with E-state index in [1.165, 1.54) is 5.56 Å². The molecule has 27 heavy (non-hydrogen) atoms. The molecule has 0 aliphatic carbocycles. The number of nitrogens with zero attached hydrogens (tertiary/aromatic N) is 5. The van der Waals surface area contributed by atoms with E-state index in [4.69, 9.17) is 4.74 Å². The van der Waals surface area contributed by atoms with E-state index in [0.29, 0.717) is 32.0 Å². The largest absolute Gasteiger partial charge is 0.378 e. The zero-order valence-corrected chi connectivity index (χ0v) is 15.5. The van der Waals surface area contributed by atoms with Gasteiger partial charge >= 0.3 is 0 Å². The molecule has 142 valence electrons. The van der Waals surface area contributed by atoms with E-state index in [-0.39, 0.29) is 5.91 Å². The molecule has 0 bridgehead atoms. The zero-order valence-electron chi connectivity index (χ0n) is 15.5. The molecule has 1 amide bonds. The maximum absolute atomic E-state index is 12.5. The Morgan fingerprint density at radius 2 is 1.63 bits per heavy atom. The van der Waals surface area contributed by atoms with E-state index in [0.717, 1.165) is 38.5 Å². The van der Waals surface area contributed by atoms with Crippen LogP contribution in [0.4, 0.5) is 5.82 Å². The van der Waals surface area contributed by atoms with Gasteiger partial charge in [-0.3, -0.25) is 9.69 Å². The summed E-state index contributed by atoms with van der Waals surface area (Å²) in [6, 6.07) is 14.3. The third-order valence-electron chi connectivity index (χ3n) is 5.11. The van der Waals surface area contributed by atoms with E-state index < -0.39 is 0 Å². The van der Waals surface area contributed by atoms with Gasteiger partial charge in [0, 0.05) is 45.8 Å². The van der Waals surface area contributed by atoms with Crippen molar-refractivity contribution in [2.45, 2.75) is 6.54 Å². The van der Waals surface area contributed by atoms with E-state index in [1.54, 1.807) is 11.0 Å². The van der Waals surface area contributed by atoms with Crippen LogP contribution in [0.25, 0.3) is 0 Å². The number of hydrogen-bond acceptors (Lipinski definition) is 6. The summed E-state index contributed by atoms with van der Waals surface area (Å²) >= 11 is 0. The molecule has 1 aromatic carbocycles. The molecule has 3 heterocycles. The molecule has 1 aromatic heterocycles. The zero-order chi connectivity index (χ0) is 18.5. The molecule has 2 aromatic rings. The minimum absolute atomic E-state index is 0.0648. The molecule has 0 N–H and O–H groups in total. The predicted octanol–water partition coefficient (Wildman–Crippen LogP) is 1.27. The number of anilines is 1. The van der Waals surface area contributed by atoms with Crippen LogP contribution in [-0.2, 0) is 11.3 Å². The maximum atomic E-state index is 12.5. The number of carbonyl (C=O) groups is 1. The summed E-state index contributed by atoms with van der Waals surface area (Å²) in [6.07, 6.45) is 0. The second kappa shape index (κ2) is 8.45. The van der Waals surface area contributed by atoms with Crippen molar-refractivity contribution in [1.29, 1.82) is 0 Å². The van der Waals surface area contributed by atoms with Gasteiger partial charge in [0.25, 0.3) is 5.91 Å². The Balaban J connectivity index is 1.31. The van der Waals surface area contributed by atoms with Crippen LogP contribution in [0.1, 0.15) is 16.1 Å². The number of ether oxygens (including phenoxy) is 1. The Hall–Kier alpha value is -2.51. The molecule has 2 saturated heterocycles. The maximum Gasteiger partial charge on any atom is 0.274 e. The van der Waals surface area contributed by atoms with Crippen molar-refractivity contribution in [3.8, 4) is 0 Å². The van der Waals surface area contributed by atoms with Gasteiger partial charge in [0.2, 0.25) is 0 Å². The van der Waals surface area contributed by atoms with Crippen LogP contribution in [0.2, 0.25) is 0 Å². The van der Waals surface area contributed by atoms with E-state index >= 15 is 0 Å². The highest BCUT2D eigenvalue weighted by Crippen LogP contribution is 2.15. The summed E-state index contributed by atoms with van der Waals surface area (Å²) < 4.78 is 5.29. The summed E-state index contributed by atoms with van der Waals surface area (Å²) in [5.74, 6) is 0.776. The third kappa shape index (κ3) is 4.43. The van der Waals surface area contributed by atoms with Crippen molar-refractivity contribution in [2.75, 3.05) is 57.4 Å². The predicted molar refractivity (Wildman–Crippen MR) is 103 cm³/mol. The normalized spacial score (nSPS) is 18.5. The minimum atomic E-state index is -0.0648. The van der Waals surface area contributed by atoms with E-state index in [1.807, 2.05) is 12.1 Å². The minimum Gasteiger partial charge on any atom is -0.378 e. The topological polar surface area (TPSA) is 61.8 Å². The van der Waals surface area contributed by atoms with Gasteiger partial charge in [-0.05, 0) is 17.7 Å². The first-order chi connectivity index (χ1) is 13.3. The average Bonchev–Trinajstić information content (AvgIpc) is 2.75. The number of carbonyl (C=O) groups excluding carboxylic acids is 1. The Bertz CT molecular complexity index is 739. The van der Waals surface area contributed by atoms with Crippen LogP contribution < -0.4 is 4.90 Å². The molecule has 0 radical (unpaired) electrons. The Morgan fingerprint density at radius 3 is 2.30 bits per heavy atom. The molecule has 0 atom stereocenters. The summed E-state index contributed by atoms with van der Waals surface area (Å²) in [4.78, 5) is 18.9. The van der Waals surface area contributed by atoms with Crippen LogP contribution >= 0.6 is 0 Å².